The normalized spacial score (nSPS) is 18.9. The van der Waals surface area contributed by atoms with Crippen LogP contribution in [0.25, 0.3) is 0 Å². The molecule has 1 rings (SSSR count). The molecule has 0 radical (unpaired) electrons. The van der Waals surface area contributed by atoms with Crippen LogP contribution in [0.5, 0.6) is 0 Å². The summed E-state index contributed by atoms with van der Waals surface area (Å²) in [5, 5.41) is 0. The van der Waals surface area contributed by atoms with E-state index >= 15 is 0 Å². The number of piperidine rings is 1. The molecule has 0 spiro atoms. The van der Waals surface area contributed by atoms with Gasteiger partial charge in [-0.3, -0.25) is 4.79 Å². The number of carbonyl (C=O) groups is 1. The minimum atomic E-state index is -4.37. The van der Waals surface area contributed by atoms with Gasteiger partial charge in [0.25, 0.3) is 0 Å². The summed E-state index contributed by atoms with van der Waals surface area (Å²) in [4.78, 5) is 13.3. The lowest BCUT2D eigenvalue weighted by molar-refractivity contribution is -0.178. The number of likely N-dealkylation sites (tertiary alicyclic amines) is 1. The first-order valence-electron chi connectivity index (χ1n) is 4.95. The molecular weight excluding hydrogens is 291 g/mol. The summed E-state index contributed by atoms with van der Waals surface area (Å²) in [6.45, 7) is -0.714. The van der Waals surface area contributed by atoms with E-state index in [1.165, 1.54) is 4.90 Å². The van der Waals surface area contributed by atoms with Crippen LogP contribution < -0.4 is 0 Å². The van der Waals surface area contributed by atoms with Gasteiger partial charge in [0.15, 0.2) is 0 Å². The number of hydrogen-bond donors (Lipinski definition) is 0. The number of amides is 1. The van der Waals surface area contributed by atoms with E-state index in [4.69, 9.17) is 0 Å². The zero-order valence-corrected chi connectivity index (χ0v) is 10.2. The van der Waals surface area contributed by atoms with Crippen LogP contribution in [0.2, 0.25) is 0 Å². The van der Waals surface area contributed by atoms with Gasteiger partial charge in [-0.2, -0.15) is 13.2 Å². The number of carbonyl (C=O) groups excluding carboxylic acids is 1. The smallest absolute Gasteiger partial charge is 0.362 e. The third-order valence-electron chi connectivity index (χ3n) is 2.27. The molecule has 0 aromatic heterocycles. The zero-order chi connectivity index (χ0) is 12.2. The Kier molecular flexibility index (Phi) is 5.04. The van der Waals surface area contributed by atoms with Crippen LogP contribution in [0, 0.1) is 0 Å². The Bertz CT molecular complexity index is 239. The fraction of sp³-hybridized carbons (Fsp3) is 0.889. The van der Waals surface area contributed by atoms with E-state index < -0.39 is 19.4 Å². The van der Waals surface area contributed by atoms with E-state index in [-0.39, 0.29) is 5.91 Å². The van der Waals surface area contributed by atoms with E-state index in [1.54, 1.807) is 0 Å². The lowest BCUT2D eigenvalue weighted by Gasteiger charge is -2.29. The molecular formula is C9H13BrF3NO2. The Hall–Kier alpha value is -0.300. The van der Waals surface area contributed by atoms with Gasteiger partial charge in [-0.05, 0) is 12.8 Å². The van der Waals surface area contributed by atoms with Gasteiger partial charge in [0, 0.05) is 17.9 Å². The van der Waals surface area contributed by atoms with Crippen molar-refractivity contribution in [2.24, 2.45) is 0 Å². The summed E-state index contributed by atoms with van der Waals surface area (Å²) in [5.74, 6) is -0.372. The molecule has 0 saturated carbocycles. The quantitative estimate of drug-likeness (QED) is 0.746. The highest BCUT2D eigenvalue weighted by atomic mass is 79.9. The Morgan fingerprint density at radius 2 is 1.94 bits per heavy atom. The van der Waals surface area contributed by atoms with Crippen molar-refractivity contribution < 1.29 is 22.7 Å². The summed E-state index contributed by atoms with van der Waals surface area (Å²) in [7, 11) is 0. The number of hydrogen-bond acceptors (Lipinski definition) is 2. The molecule has 0 atom stereocenters. The largest absolute Gasteiger partial charge is 0.411 e. The molecule has 1 aliphatic heterocycles. The summed E-state index contributed by atoms with van der Waals surface area (Å²) < 4.78 is 39.5. The van der Waals surface area contributed by atoms with Crippen LogP contribution in [-0.2, 0) is 9.53 Å². The summed E-state index contributed by atoms with van der Waals surface area (Å²) in [6, 6.07) is 0. The van der Waals surface area contributed by atoms with Crippen molar-refractivity contribution in [2.45, 2.75) is 23.8 Å². The Labute approximate surface area is 100 Å². The molecule has 94 valence electrons. The first-order chi connectivity index (χ1) is 7.38. The monoisotopic (exact) mass is 303 g/mol. The van der Waals surface area contributed by atoms with Gasteiger partial charge >= 0.3 is 6.18 Å². The average molecular weight is 304 g/mol. The molecule has 0 aromatic rings. The maximum Gasteiger partial charge on any atom is 0.411 e. The molecule has 0 aliphatic carbocycles. The topological polar surface area (TPSA) is 29.5 Å². The van der Waals surface area contributed by atoms with E-state index in [0.29, 0.717) is 17.9 Å². The highest BCUT2D eigenvalue weighted by Crippen LogP contribution is 2.18. The van der Waals surface area contributed by atoms with Crippen molar-refractivity contribution in [1.29, 1.82) is 0 Å². The number of alkyl halides is 4. The van der Waals surface area contributed by atoms with Gasteiger partial charge in [0.1, 0.15) is 13.2 Å². The van der Waals surface area contributed by atoms with Crippen LogP contribution in [0.3, 0.4) is 0 Å². The van der Waals surface area contributed by atoms with Gasteiger partial charge < -0.3 is 9.64 Å². The molecule has 1 saturated heterocycles. The zero-order valence-electron chi connectivity index (χ0n) is 8.60. The van der Waals surface area contributed by atoms with Gasteiger partial charge in [-0.1, -0.05) is 15.9 Å². The molecule has 0 unspecified atom stereocenters. The molecule has 3 nitrogen and oxygen atoms in total. The molecule has 0 bridgehead atoms. The van der Waals surface area contributed by atoms with Crippen molar-refractivity contribution in [1.82, 2.24) is 4.90 Å². The fourth-order valence-corrected chi connectivity index (χ4v) is 1.85. The van der Waals surface area contributed by atoms with E-state index in [1.807, 2.05) is 0 Å². The maximum absolute atomic E-state index is 11.7. The summed E-state index contributed by atoms with van der Waals surface area (Å²) >= 11 is 3.43. The SMILES string of the molecule is O=C(COCC(F)(F)F)N1CCC(Br)CC1. The van der Waals surface area contributed by atoms with Gasteiger partial charge in [0.05, 0.1) is 0 Å². The highest BCUT2D eigenvalue weighted by molar-refractivity contribution is 9.09. The van der Waals surface area contributed by atoms with Crippen molar-refractivity contribution in [2.75, 3.05) is 26.3 Å². The highest BCUT2D eigenvalue weighted by Gasteiger charge is 2.28. The van der Waals surface area contributed by atoms with E-state index in [2.05, 4.69) is 20.7 Å². The van der Waals surface area contributed by atoms with Crippen molar-refractivity contribution in [3.05, 3.63) is 0 Å². The second kappa shape index (κ2) is 5.86. The molecule has 1 amide bonds. The van der Waals surface area contributed by atoms with E-state index in [0.717, 1.165) is 12.8 Å². The van der Waals surface area contributed by atoms with Crippen molar-refractivity contribution in [3.63, 3.8) is 0 Å². The summed E-state index contributed by atoms with van der Waals surface area (Å²) in [6.07, 6.45) is -2.72. The van der Waals surface area contributed by atoms with Crippen LogP contribution in [-0.4, -0.2) is 48.1 Å². The standard InChI is InChI=1S/C9H13BrF3NO2/c10-7-1-3-14(4-2-7)8(15)5-16-6-9(11,12)13/h7H,1-6H2. The van der Waals surface area contributed by atoms with Gasteiger partial charge in [-0.25, -0.2) is 0 Å². The maximum atomic E-state index is 11.7. The van der Waals surface area contributed by atoms with Gasteiger partial charge in [-0.15, -0.1) is 0 Å². The predicted octanol–water partition coefficient (Wildman–Crippen LogP) is 1.95. The number of nitrogens with zero attached hydrogens (tertiary/aromatic N) is 1. The Morgan fingerprint density at radius 3 is 2.44 bits per heavy atom. The fourth-order valence-electron chi connectivity index (χ4n) is 1.44. The predicted molar refractivity (Wildman–Crippen MR) is 55.4 cm³/mol. The van der Waals surface area contributed by atoms with Crippen LogP contribution in [0.15, 0.2) is 0 Å². The molecule has 1 heterocycles. The van der Waals surface area contributed by atoms with Crippen LogP contribution in [0.1, 0.15) is 12.8 Å². The first-order valence-corrected chi connectivity index (χ1v) is 5.86. The van der Waals surface area contributed by atoms with E-state index in [9.17, 15) is 18.0 Å². The van der Waals surface area contributed by atoms with Gasteiger partial charge in [0.2, 0.25) is 5.91 Å². The Balaban J connectivity index is 2.20. The Morgan fingerprint density at radius 1 is 1.38 bits per heavy atom. The lowest BCUT2D eigenvalue weighted by Crippen LogP contribution is -2.41. The second-order valence-corrected chi connectivity index (χ2v) is 4.96. The minimum absolute atomic E-state index is 0.372. The average Bonchev–Trinajstić information content (AvgIpc) is 2.16. The summed E-state index contributed by atoms with van der Waals surface area (Å²) in [5.41, 5.74) is 0. The third kappa shape index (κ3) is 5.16. The third-order valence-corrected chi connectivity index (χ3v) is 3.18. The van der Waals surface area contributed by atoms with Crippen LogP contribution in [0.4, 0.5) is 13.2 Å². The minimum Gasteiger partial charge on any atom is -0.362 e. The van der Waals surface area contributed by atoms with Crippen molar-refractivity contribution in [3.8, 4) is 0 Å². The molecule has 7 heteroatoms. The molecule has 16 heavy (non-hydrogen) atoms. The molecule has 1 aliphatic rings. The van der Waals surface area contributed by atoms with Crippen molar-refractivity contribution >= 4 is 21.8 Å². The second-order valence-electron chi connectivity index (χ2n) is 3.66. The molecule has 1 fully saturated rings. The number of rotatable bonds is 3. The number of halogens is 4. The molecule has 0 aromatic carbocycles. The lowest BCUT2D eigenvalue weighted by atomic mass is 10.1. The first kappa shape index (κ1) is 13.8. The number of ether oxygens (including phenoxy) is 1. The van der Waals surface area contributed by atoms with Crippen LogP contribution >= 0.6 is 15.9 Å². The molecule has 0 N–H and O–H groups in total.